The van der Waals surface area contributed by atoms with Crippen LogP contribution < -0.4 is 0 Å². The number of nitrogens with zero attached hydrogens (tertiary/aromatic N) is 2. The SMILES string of the molecule is Cc1ccc2nc(COC(=O)c3oc4ccccc4c3COC(C)C)cn2c1. The van der Waals surface area contributed by atoms with Gasteiger partial charge in [0.15, 0.2) is 0 Å². The molecule has 28 heavy (non-hydrogen) atoms. The summed E-state index contributed by atoms with van der Waals surface area (Å²) in [4.78, 5) is 17.2. The number of furan rings is 1. The van der Waals surface area contributed by atoms with Crippen LogP contribution in [0.5, 0.6) is 0 Å². The van der Waals surface area contributed by atoms with Crippen molar-refractivity contribution in [2.24, 2.45) is 0 Å². The van der Waals surface area contributed by atoms with Crippen LogP contribution in [0.1, 0.15) is 41.2 Å². The lowest BCUT2D eigenvalue weighted by Crippen LogP contribution is -2.09. The highest BCUT2D eigenvalue weighted by atomic mass is 16.5. The van der Waals surface area contributed by atoms with E-state index in [9.17, 15) is 4.79 Å². The summed E-state index contributed by atoms with van der Waals surface area (Å²) < 4.78 is 18.9. The second-order valence-corrected chi connectivity index (χ2v) is 7.05. The Morgan fingerprint density at radius 2 is 1.96 bits per heavy atom. The van der Waals surface area contributed by atoms with Crippen LogP contribution in [0.4, 0.5) is 0 Å². The number of ether oxygens (including phenoxy) is 2. The van der Waals surface area contributed by atoms with E-state index < -0.39 is 5.97 Å². The van der Waals surface area contributed by atoms with Crippen molar-refractivity contribution in [3.63, 3.8) is 0 Å². The van der Waals surface area contributed by atoms with Gasteiger partial charge in [-0.2, -0.15) is 0 Å². The lowest BCUT2D eigenvalue weighted by molar-refractivity contribution is 0.0408. The lowest BCUT2D eigenvalue weighted by atomic mass is 10.1. The molecule has 3 aromatic heterocycles. The van der Waals surface area contributed by atoms with E-state index in [1.54, 1.807) is 0 Å². The van der Waals surface area contributed by atoms with Crippen molar-refractivity contribution in [1.82, 2.24) is 9.38 Å². The van der Waals surface area contributed by atoms with Crippen LogP contribution in [0, 0.1) is 6.92 Å². The van der Waals surface area contributed by atoms with Crippen LogP contribution in [0.2, 0.25) is 0 Å². The van der Waals surface area contributed by atoms with Gasteiger partial charge in [0.1, 0.15) is 17.8 Å². The third-order valence-corrected chi connectivity index (χ3v) is 4.44. The molecule has 0 unspecified atom stereocenters. The van der Waals surface area contributed by atoms with Crippen molar-refractivity contribution < 1.29 is 18.7 Å². The van der Waals surface area contributed by atoms with Gasteiger partial charge in [-0.05, 0) is 38.5 Å². The van der Waals surface area contributed by atoms with Crippen LogP contribution in [-0.2, 0) is 22.7 Å². The average molecular weight is 378 g/mol. The Kier molecular flexibility index (Phi) is 4.88. The second kappa shape index (κ2) is 7.48. The van der Waals surface area contributed by atoms with Crippen molar-refractivity contribution in [3.8, 4) is 0 Å². The Labute approximate surface area is 162 Å². The van der Waals surface area contributed by atoms with Crippen LogP contribution in [-0.4, -0.2) is 21.5 Å². The molecular weight excluding hydrogens is 356 g/mol. The summed E-state index contributed by atoms with van der Waals surface area (Å²) in [6.07, 6.45) is 3.88. The fraction of sp³-hybridized carbons (Fsp3) is 0.273. The maximum absolute atomic E-state index is 12.7. The number of rotatable bonds is 6. The van der Waals surface area contributed by atoms with E-state index in [0.29, 0.717) is 16.8 Å². The molecule has 6 nitrogen and oxygen atoms in total. The maximum atomic E-state index is 12.7. The minimum Gasteiger partial charge on any atom is -0.453 e. The first kappa shape index (κ1) is 18.3. The molecule has 0 N–H and O–H groups in total. The van der Waals surface area contributed by atoms with Crippen LogP contribution in [0.25, 0.3) is 16.6 Å². The highest BCUT2D eigenvalue weighted by Gasteiger charge is 2.22. The summed E-state index contributed by atoms with van der Waals surface area (Å²) in [5.41, 5.74) is 3.96. The predicted octanol–water partition coefficient (Wildman–Crippen LogP) is 4.67. The summed E-state index contributed by atoms with van der Waals surface area (Å²) in [6, 6.07) is 11.4. The van der Waals surface area contributed by atoms with Crippen LogP contribution in [0.3, 0.4) is 0 Å². The molecule has 4 rings (SSSR count). The van der Waals surface area contributed by atoms with Gasteiger partial charge >= 0.3 is 5.97 Å². The maximum Gasteiger partial charge on any atom is 0.375 e. The fourth-order valence-electron chi connectivity index (χ4n) is 3.09. The number of imidazole rings is 1. The zero-order valence-corrected chi connectivity index (χ0v) is 16.1. The van der Waals surface area contributed by atoms with E-state index in [4.69, 9.17) is 13.9 Å². The number of esters is 1. The Morgan fingerprint density at radius 3 is 2.79 bits per heavy atom. The largest absolute Gasteiger partial charge is 0.453 e. The van der Waals surface area contributed by atoms with Gasteiger partial charge in [-0.1, -0.05) is 24.3 Å². The molecule has 0 spiro atoms. The average Bonchev–Trinajstić information content (AvgIpc) is 3.24. The molecule has 4 aromatic rings. The van der Waals surface area contributed by atoms with Gasteiger partial charge in [0.25, 0.3) is 0 Å². The summed E-state index contributed by atoms with van der Waals surface area (Å²) in [6.45, 7) is 6.27. The number of carbonyl (C=O) groups is 1. The second-order valence-electron chi connectivity index (χ2n) is 7.05. The van der Waals surface area contributed by atoms with E-state index in [1.165, 1.54) is 0 Å². The van der Waals surface area contributed by atoms with Gasteiger partial charge < -0.3 is 18.3 Å². The smallest absolute Gasteiger partial charge is 0.375 e. The lowest BCUT2D eigenvalue weighted by Gasteiger charge is -2.08. The highest BCUT2D eigenvalue weighted by Crippen LogP contribution is 2.27. The van der Waals surface area contributed by atoms with Crippen LogP contribution >= 0.6 is 0 Å². The molecule has 6 heteroatoms. The Balaban J connectivity index is 1.56. The third-order valence-electron chi connectivity index (χ3n) is 4.44. The molecule has 1 aromatic carbocycles. The quantitative estimate of drug-likeness (QED) is 0.456. The summed E-state index contributed by atoms with van der Waals surface area (Å²) >= 11 is 0. The van der Waals surface area contributed by atoms with Gasteiger partial charge in [-0.15, -0.1) is 0 Å². The van der Waals surface area contributed by atoms with Gasteiger partial charge in [-0.25, -0.2) is 9.78 Å². The number of benzene rings is 1. The van der Waals surface area contributed by atoms with E-state index in [-0.39, 0.29) is 25.1 Å². The molecule has 144 valence electrons. The summed E-state index contributed by atoms with van der Waals surface area (Å²) in [7, 11) is 0. The minimum atomic E-state index is -0.521. The number of aromatic nitrogens is 2. The first-order valence-corrected chi connectivity index (χ1v) is 9.24. The van der Waals surface area contributed by atoms with E-state index in [0.717, 1.165) is 16.6 Å². The number of hydrogen-bond acceptors (Lipinski definition) is 5. The van der Waals surface area contributed by atoms with Gasteiger partial charge in [0, 0.05) is 23.3 Å². The number of para-hydroxylation sites is 1. The molecule has 0 radical (unpaired) electrons. The predicted molar refractivity (Wildman–Crippen MR) is 105 cm³/mol. The molecule has 3 heterocycles. The monoisotopic (exact) mass is 378 g/mol. The fourth-order valence-corrected chi connectivity index (χ4v) is 3.09. The molecule has 0 bridgehead atoms. The third kappa shape index (κ3) is 3.64. The van der Waals surface area contributed by atoms with E-state index in [2.05, 4.69) is 4.98 Å². The Bertz CT molecular complexity index is 1140. The normalized spacial score (nSPS) is 11.6. The van der Waals surface area contributed by atoms with Crippen molar-refractivity contribution in [1.29, 1.82) is 0 Å². The number of fused-ring (bicyclic) bond motifs is 2. The number of carbonyl (C=O) groups excluding carboxylic acids is 1. The Hall–Kier alpha value is -3.12. The number of hydrogen-bond donors (Lipinski definition) is 0. The highest BCUT2D eigenvalue weighted by molar-refractivity contribution is 5.96. The summed E-state index contributed by atoms with van der Waals surface area (Å²) in [5.74, 6) is -0.340. The molecule has 0 saturated heterocycles. The molecule has 0 aliphatic rings. The topological polar surface area (TPSA) is 66.0 Å². The van der Waals surface area contributed by atoms with Crippen molar-refractivity contribution in [2.75, 3.05) is 0 Å². The molecule has 0 atom stereocenters. The number of aryl methyl sites for hydroxylation is 1. The standard InChI is InChI=1S/C22H22N2O4/c1-14(2)26-13-18-17-6-4-5-7-19(17)28-21(18)22(25)27-12-16-11-24-10-15(3)8-9-20(24)23-16/h4-11,14H,12-13H2,1-3H3. The van der Waals surface area contributed by atoms with E-state index >= 15 is 0 Å². The first-order chi connectivity index (χ1) is 13.5. The molecule has 0 saturated carbocycles. The van der Waals surface area contributed by atoms with E-state index in [1.807, 2.05) is 74.0 Å². The molecule has 0 aliphatic heterocycles. The van der Waals surface area contributed by atoms with Gasteiger partial charge in [0.2, 0.25) is 5.76 Å². The molecule has 0 aliphatic carbocycles. The van der Waals surface area contributed by atoms with Crippen molar-refractivity contribution >= 4 is 22.6 Å². The first-order valence-electron chi connectivity index (χ1n) is 9.24. The van der Waals surface area contributed by atoms with Crippen molar-refractivity contribution in [3.05, 3.63) is 71.4 Å². The van der Waals surface area contributed by atoms with Gasteiger partial charge in [0.05, 0.1) is 18.4 Å². The zero-order valence-electron chi connectivity index (χ0n) is 16.1. The van der Waals surface area contributed by atoms with Gasteiger partial charge in [-0.3, -0.25) is 0 Å². The minimum absolute atomic E-state index is 0.0407. The number of pyridine rings is 1. The molecule has 0 amide bonds. The van der Waals surface area contributed by atoms with Crippen molar-refractivity contribution in [2.45, 2.75) is 40.1 Å². The zero-order chi connectivity index (χ0) is 19.7. The molecule has 0 fully saturated rings. The molecular formula is C22H22N2O4. The Morgan fingerprint density at radius 1 is 1.14 bits per heavy atom. The van der Waals surface area contributed by atoms with Crippen LogP contribution in [0.15, 0.2) is 53.2 Å². The summed E-state index contributed by atoms with van der Waals surface area (Å²) in [5, 5.41) is 0.860.